The molecule has 0 aliphatic heterocycles. The van der Waals surface area contributed by atoms with Crippen molar-refractivity contribution in [2.75, 3.05) is 7.11 Å². The molecule has 0 aromatic heterocycles. The van der Waals surface area contributed by atoms with Gasteiger partial charge >= 0.3 is 11.9 Å². The molecule has 1 amide bonds. The largest absolute Gasteiger partial charge is 0.478 e. The van der Waals surface area contributed by atoms with Gasteiger partial charge in [-0.2, -0.15) is 0 Å². The van der Waals surface area contributed by atoms with Crippen molar-refractivity contribution in [2.45, 2.75) is 40.2 Å². The third-order valence-corrected chi connectivity index (χ3v) is 1.58. The molecule has 0 unspecified atom stereocenters. The fraction of sp³-hybridized carbons (Fsp3) is 0.438. The predicted molar refractivity (Wildman–Crippen MR) is 87.4 cm³/mol. The van der Waals surface area contributed by atoms with E-state index < -0.39 is 5.97 Å². The van der Waals surface area contributed by atoms with E-state index in [0.29, 0.717) is 11.1 Å². The number of rotatable bonds is 3. The van der Waals surface area contributed by atoms with Gasteiger partial charge < -0.3 is 15.2 Å². The van der Waals surface area contributed by atoms with Crippen molar-refractivity contribution < 1.29 is 24.2 Å². The van der Waals surface area contributed by atoms with Crippen LogP contribution in [0, 0.1) is 0 Å². The molecule has 22 heavy (non-hydrogen) atoms. The summed E-state index contributed by atoms with van der Waals surface area (Å²) in [4.78, 5) is 30.4. The van der Waals surface area contributed by atoms with Gasteiger partial charge in [0.1, 0.15) is 0 Å². The highest BCUT2D eigenvalue weighted by Gasteiger charge is 2.13. The molecule has 0 aliphatic carbocycles. The Balaban J connectivity index is -0.000000263. The lowest BCUT2D eigenvalue weighted by molar-refractivity contribution is -0.136. The highest BCUT2D eigenvalue weighted by atomic mass is 16.5. The monoisotopic (exact) mass is 313 g/mol. The van der Waals surface area contributed by atoms with Crippen LogP contribution in [-0.4, -0.2) is 35.6 Å². The SMILES string of the molecule is C=C(C)C(=O)NC(C)(C)C.C=C(C)C(=O)OC.C=CC(=O)O. The minimum absolute atomic E-state index is 0.0764. The molecule has 0 heterocycles. The minimum atomic E-state index is -0.981. The molecule has 0 atom stereocenters. The number of carbonyl (C=O) groups excluding carboxylic acids is 2. The number of amides is 1. The van der Waals surface area contributed by atoms with E-state index in [9.17, 15) is 14.4 Å². The smallest absolute Gasteiger partial charge is 0.332 e. The molecule has 0 aliphatic rings. The topological polar surface area (TPSA) is 92.7 Å². The second kappa shape index (κ2) is 12.4. The third-order valence-electron chi connectivity index (χ3n) is 1.58. The fourth-order valence-corrected chi connectivity index (χ4v) is 0.622. The number of esters is 1. The van der Waals surface area contributed by atoms with Gasteiger partial charge in [0.05, 0.1) is 7.11 Å². The molecule has 0 bridgehead atoms. The lowest BCUT2D eigenvalue weighted by Crippen LogP contribution is -2.40. The highest BCUT2D eigenvalue weighted by Crippen LogP contribution is 2.00. The van der Waals surface area contributed by atoms with Crippen LogP contribution in [0.15, 0.2) is 37.0 Å². The maximum atomic E-state index is 10.9. The second-order valence-electron chi connectivity index (χ2n) is 5.30. The van der Waals surface area contributed by atoms with Gasteiger partial charge in [-0.25, -0.2) is 9.59 Å². The van der Waals surface area contributed by atoms with Crippen LogP contribution in [0.25, 0.3) is 0 Å². The maximum absolute atomic E-state index is 10.9. The summed E-state index contributed by atoms with van der Waals surface area (Å²) < 4.78 is 4.27. The van der Waals surface area contributed by atoms with Crippen LogP contribution in [0.4, 0.5) is 0 Å². The lowest BCUT2D eigenvalue weighted by Gasteiger charge is -2.20. The van der Waals surface area contributed by atoms with Crippen molar-refractivity contribution in [2.24, 2.45) is 0 Å². The van der Waals surface area contributed by atoms with Crippen LogP contribution in [0.5, 0.6) is 0 Å². The number of aliphatic carboxylic acids is 1. The number of carbonyl (C=O) groups is 3. The first-order chi connectivity index (χ1) is 9.78. The number of hydrogen-bond donors (Lipinski definition) is 2. The van der Waals surface area contributed by atoms with E-state index in [-0.39, 0.29) is 17.4 Å². The average Bonchev–Trinajstić information content (AvgIpc) is 2.36. The normalized spacial score (nSPS) is 8.82. The summed E-state index contributed by atoms with van der Waals surface area (Å²) in [7, 11) is 1.33. The van der Waals surface area contributed by atoms with E-state index in [4.69, 9.17) is 5.11 Å². The minimum Gasteiger partial charge on any atom is -0.478 e. The Morgan fingerprint density at radius 1 is 1.09 bits per heavy atom. The summed E-state index contributed by atoms with van der Waals surface area (Å²) in [5.74, 6) is -1.41. The summed E-state index contributed by atoms with van der Waals surface area (Å²) >= 11 is 0. The maximum Gasteiger partial charge on any atom is 0.332 e. The molecule has 0 aromatic rings. The van der Waals surface area contributed by atoms with E-state index >= 15 is 0 Å². The number of nitrogens with one attached hydrogen (secondary N) is 1. The van der Waals surface area contributed by atoms with Gasteiger partial charge in [-0.15, -0.1) is 0 Å². The lowest BCUT2D eigenvalue weighted by atomic mass is 10.1. The standard InChI is InChI=1S/C8H15NO.C5H8O2.C3H4O2/c1-6(2)7(10)9-8(3,4)5;1-4(2)5(6)7-3;1-2-3(4)5/h1H2,2-5H3,(H,9,10);1H2,2-3H3;2H,1H2,(H,4,5). The zero-order valence-corrected chi connectivity index (χ0v) is 14.3. The first-order valence-electron chi connectivity index (χ1n) is 6.35. The molecule has 6 nitrogen and oxygen atoms in total. The molecule has 0 radical (unpaired) electrons. The number of carboxylic acids is 1. The average molecular weight is 313 g/mol. The van der Waals surface area contributed by atoms with Crippen LogP contribution >= 0.6 is 0 Å². The summed E-state index contributed by atoms with van der Waals surface area (Å²) in [6.07, 6.45) is 0.833. The Labute approximate surface area is 132 Å². The summed E-state index contributed by atoms with van der Waals surface area (Å²) in [6, 6.07) is 0. The van der Waals surface area contributed by atoms with Crippen molar-refractivity contribution in [3.63, 3.8) is 0 Å². The summed E-state index contributed by atoms with van der Waals surface area (Å²) in [6.45, 7) is 19.0. The molecule has 0 fully saturated rings. The van der Waals surface area contributed by atoms with Crippen molar-refractivity contribution in [1.82, 2.24) is 5.32 Å². The quantitative estimate of drug-likeness (QED) is 0.617. The number of carboxylic acid groups (broad SMARTS) is 1. The predicted octanol–water partition coefficient (Wildman–Crippen LogP) is 2.47. The van der Waals surface area contributed by atoms with Gasteiger partial charge in [0.2, 0.25) is 5.91 Å². The van der Waals surface area contributed by atoms with Crippen LogP contribution in [0.1, 0.15) is 34.6 Å². The zero-order valence-electron chi connectivity index (χ0n) is 14.3. The third kappa shape index (κ3) is 22.8. The van der Waals surface area contributed by atoms with Gasteiger partial charge in [-0.1, -0.05) is 19.7 Å². The molecule has 0 spiro atoms. The molecule has 6 heteroatoms. The molecule has 0 saturated heterocycles. The van der Waals surface area contributed by atoms with Crippen molar-refractivity contribution in [3.05, 3.63) is 37.0 Å². The van der Waals surface area contributed by atoms with E-state index in [0.717, 1.165) is 6.08 Å². The van der Waals surface area contributed by atoms with E-state index in [2.05, 4.69) is 29.8 Å². The van der Waals surface area contributed by atoms with Crippen LogP contribution in [0.2, 0.25) is 0 Å². The van der Waals surface area contributed by atoms with E-state index in [1.807, 2.05) is 20.8 Å². The molecule has 0 aromatic carbocycles. The summed E-state index contributed by atoms with van der Waals surface area (Å²) in [5, 5.41) is 10.4. The molecular formula is C16H27NO5. The van der Waals surface area contributed by atoms with Crippen molar-refractivity contribution >= 4 is 17.8 Å². The number of ether oxygens (including phenoxy) is 1. The van der Waals surface area contributed by atoms with Gasteiger partial charge in [0, 0.05) is 22.8 Å². The number of methoxy groups -OCH3 is 1. The Bertz CT molecular complexity index is 430. The first kappa shape index (κ1) is 24.6. The molecular weight excluding hydrogens is 286 g/mol. The molecule has 0 rings (SSSR count). The highest BCUT2D eigenvalue weighted by molar-refractivity contribution is 5.92. The van der Waals surface area contributed by atoms with Gasteiger partial charge in [0.15, 0.2) is 0 Å². The van der Waals surface area contributed by atoms with E-state index in [1.54, 1.807) is 13.8 Å². The van der Waals surface area contributed by atoms with Crippen LogP contribution in [0.3, 0.4) is 0 Å². The molecule has 126 valence electrons. The zero-order chi connectivity index (χ0) is 18.5. The van der Waals surface area contributed by atoms with Crippen molar-refractivity contribution in [1.29, 1.82) is 0 Å². The van der Waals surface area contributed by atoms with Crippen molar-refractivity contribution in [3.8, 4) is 0 Å². The van der Waals surface area contributed by atoms with Gasteiger partial charge in [-0.05, 0) is 34.6 Å². The van der Waals surface area contributed by atoms with Crippen LogP contribution < -0.4 is 5.32 Å². The molecule has 2 N–H and O–H groups in total. The molecule has 0 saturated carbocycles. The second-order valence-corrected chi connectivity index (χ2v) is 5.30. The Morgan fingerprint density at radius 3 is 1.50 bits per heavy atom. The van der Waals surface area contributed by atoms with E-state index in [1.165, 1.54) is 7.11 Å². The fourth-order valence-electron chi connectivity index (χ4n) is 0.622. The number of hydrogen-bond acceptors (Lipinski definition) is 4. The Kier molecular flexibility index (Phi) is 13.9. The Hall–Kier alpha value is -2.37. The van der Waals surface area contributed by atoms with Gasteiger partial charge in [-0.3, -0.25) is 4.79 Å². The van der Waals surface area contributed by atoms with Crippen LogP contribution in [-0.2, 0) is 19.1 Å². The Morgan fingerprint density at radius 2 is 1.45 bits per heavy atom. The van der Waals surface area contributed by atoms with Gasteiger partial charge in [0.25, 0.3) is 0 Å². The first-order valence-corrected chi connectivity index (χ1v) is 6.35. The summed E-state index contributed by atoms with van der Waals surface area (Å²) in [5.41, 5.74) is 0.827.